The highest BCUT2D eigenvalue weighted by atomic mass is 35.5. The Morgan fingerprint density at radius 1 is 1.33 bits per heavy atom. The van der Waals surface area contributed by atoms with Crippen molar-refractivity contribution in [2.75, 3.05) is 37.0 Å². The van der Waals surface area contributed by atoms with Gasteiger partial charge in [-0.2, -0.15) is 0 Å². The molecule has 0 aliphatic carbocycles. The molecule has 0 spiro atoms. The Morgan fingerprint density at radius 2 is 2.05 bits per heavy atom. The van der Waals surface area contributed by atoms with Gasteiger partial charge in [-0.3, -0.25) is 14.9 Å². The predicted octanol–water partition coefficient (Wildman–Crippen LogP) is 1.66. The molecule has 2 rings (SSSR count). The van der Waals surface area contributed by atoms with Gasteiger partial charge in [-0.25, -0.2) is 4.98 Å². The lowest BCUT2D eigenvalue weighted by Crippen LogP contribution is -2.49. The van der Waals surface area contributed by atoms with E-state index < -0.39 is 4.92 Å². The number of alkyl halides is 1. The highest BCUT2D eigenvalue weighted by Gasteiger charge is 2.21. The zero-order chi connectivity index (χ0) is 15.2. The van der Waals surface area contributed by atoms with Crippen molar-refractivity contribution in [3.8, 4) is 0 Å². The van der Waals surface area contributed by atoms with Crippen molar-refractivity contribution in [3.63, 3.8) is 0 Å². The molecule has 1 amide bonds. The molecular weight excluding hydrogens is 296 g/mol. The van der Waals surface area contributed by atoms with E-state index in [2.05, 4.69) is 4.98 Å². The second-order valence-electron chi connectivity index (χ2n) is 4.79. The van der Waals surface area contributed by atoms with E-state index in [1.54, 1.807) is 6.07 Å². The van der Waals surface area contributed by atoms with Crippen LogP contribution in [0, 0.1) is 10.1 Å². The standard InChI is InChI=1S/C13H17ClN4O3/c14-5-1-2-13(19)17-8-6-16(7-9-17)12-4-3-11(10-15-12)18(20)21/h3-4,10H,1-2,5-9H2. The fourth-order valence-electron chi connectivity index (χ4n) is 2.23. The van der Waals surface area contributed by atoms with Crippen LogP contribution in [0.3, 0.4) is 0 Å². The van der Waals surface area contributed by atoms with E-state index in [9.17, 15) is 14.9 Å². The van der Waals surface area contributed by atoms with Gasteiger partial charge in [0.2, 0.25) is 5.91 Å². The highest BCUT2D eigenvalue weighted by Crippen LogP contribution is 2.17. The largest absolute Gasteiger partial charge is 0.353 e. The number of pyridine rings is 1. The average molecular weight is 313 g/mol. The monoisotopic (exact) mass is 312 g/mol. The minimum Gasteiger partial charge on any atom is -0.353 e. The Morgan fingerprint density at radius 3 is 2.57 bits per heavy atom. The molecule has 0 N–H and O–H groups in total. The summed E-state index contributed by atoms with van der Waals surface area (Å²) in [5.41, 5.74) is -0.0198. The Balaban J connectivity index is 1.88. The molecule has 8 heteroatoms. The summed E-state index contributed by atoms with van der Waals surface area (Å²) in [4.78, 5) is 30.0. The normalized spacial score (nSPS) is 15.1. The van der Waals surface area contributed by atoms with Gasteiger partial charge in [-0.05, 0) is 12.5 Å². The SMILES string of the molecule is O=C(CCCCl)N1CCN(c2ccc([N+](=O)[O-])cn2)CC1. The molecule has 0 unspecified atom stereocenters. The van der Waals surface area contributed by atoms with E-state index in [-0.39, 0.29) is 11.6 Å². The third-order valence-electron chi connectivity index (χ3n) is 3.42. The first-order valence-electron chi connectivity index (χ1n) is 6.81. The van der Waals surface area contributed by atoms with Crippen LogP contribution in [0.15, 0.2) is 18.3 Å². The maximum Gasteiger partial charge on any atom is 0.287 e. The fraction of sp³-hybridized carbons (Fsp3) is 0.538. The summed E-state index contributed by atoms with van der Waals surface area (Å²) in [5, 5.41) is 10.6. The number of nitro groups is 1. The third kappa shape index (κ3) is 4.04. The van der Waals surface area contributed by atoms with Gasteiger partial charge in [0.05, 0.1) is 4.92 Å². The summed E-state index contributed by atoms with van der Waals surface area (Å²) in [5.74, 6) is 1.33. The number of hydrogen-bond donors (Lipinski definition) is 0. The number of rotatable bonds is 5. The quantitative estimate of drug-likeness (QED) is 0.469. The Hall–Kier alpha value is -1.89. The van der Waals surface area contributed by atoms with E-state index in [1.807, 2.05) is 9.80 Å². The molecule has 1 aliphatic heterocycles. The third-order valence-corrected chi connectivity index (χ3v) is 3.69. The topological polar surface area (TPSA) is 79.6 Å². The molecule has 7 nitrogen and oxygen atoms in total. The Labute approximate surface area is 127 Å². The van der Waals surface area contributed by atoms with Crippen LogP contribution in [0.4, 0.5) is 11.5 Å². The number of halogens is 1. The Kier molecular flexibility index (Phi) is 5.32. The number of amides is 1. The van der Waals surface area contributed by atoms with Crippen LogP contribution in [0.25, 0.3) is 0 Å². The lowest BCUT2D eigenvalue weighted by atomic mass is 10.2. The number of nitrogens with zero attached hydrogens (tertiary/aromatic N) is 4. The van der Waals surface area contributed by atoms with Crippen LogP contribution in [-0.2, 0) is 4.79 Å². The molecule has 1 fully saturated rings. The number of carbonyl (C=O) groups excluding carboxylic acids is 1. The van der Waals surface area contributed by atoms with Crippen LogP contribution >= 0.6 is 11.6 Å². The van der Waals surface area contributed by atoms with Crippen LogP contribution in [0.1, 0.15) is 12.8 Å². The number of carbonyl (C=O) groups is 1. The van der Waals surface area contributed by atoms with Crippen molar-refractivity contribution < 1.29 is 9.72 Å². The van der Waals surface area contributed by atoms with Crippen molar-refractivity contribution in [3.05, 3.63) is 28.4 Å². The fourth-order valence-corrected chi connectivity index (χ4v) is 2.37. The predicted molar refractivity (Wildman–Crippen MR) is 79.6 cm³/mol. The zero-order valence-corrected chi connectivity index (χ0v) is 12.3. The lowest BCUT2D eigenvalue weighted by Gasteiger charge is -2.35. The molecule has 1 saturated heterocycles. The molecule has 21 heavy (non-hydrogen) atoms. The van der Waals surface area contributed by atoms with Gasteiger partial charge < -0.3 is 9.80 Å². The van der Waals surface area contributed by atoms with Gasteiger partial charge in [0.25, 0.3) is 5.69 Å². The molecule has 1 aromatic heterocycles. The molecular formula is C13H17ClN4O3. The molecule has 0 aromatic carbocycles. The highest BCUT2D eigenvalue weighted by molar-refractivity contribution is 6.17. The molecule has 2 heterocycles. The number of anilines is 1. The van der Waals surface area contributed by atoms with Gasteiger partial charge in [0, 0.05) is 44.5 Å². The van der Waals surface area contributed by atoms with E-state index in [4.69, 9.17) is 11.6 Å². The van der Waals surface area contributed by atoms with Crippen molar-refractivity contribution in [1.82, 2.24) is 9.88 Å². The molecule has 114 valence electrons. The van der Waals surface area contributed by atoms with Crippen molar-refractivity contribution >= 4 is 29.0 Å². The first-order chi connectivity index (χ1) is 10.1. The van der Waals surface area contributed by atoms with Gasteiger partial charge in [-0.1, -0.05) is 0 Å². The second-order valence-corrected chi connectivity index (χ2v) is 5.17. The van der Waals surface area contributed by atoms with Crippen LogP contribution < -0.4 is 4.90 Å². The van der Waals surface area contributed by atoms with E-state index in [0.717, 1.165) is 0 Å². The van der Waals surface area contributed by atoms with Crippen molar-refractivity contribution in [2.45, 2.75) is 12.8 Å². The lowest BCUT2D eigenvalue weighted by molar-refractivity contribution is -0.385. The van der Waals surface area contributed by atoms with Gasteiger partial charge in [0.15, 0.2) is 0 Å². The number of piperazine rings is 1. The summed E-state index contributed by atoms with van der Waals surface area (Å²) in [7, 11) is 0. The number of aromatic nitrogens is 1. The molecule has 0 bridgehead atoms. The summed E-state index contributed by atoms with van der Waals surface area (Å²) in [6, 6.07) is 3.09. The summed E-state index contributed by atoms with van der Waals surface area (Å²) in [6.07, 6.45) is 2.44. The minimum atomic E-state index is -0.468. The van der Waals surface area contributed by atoms with E-state index >= 15 is 0 Å². The van der Waals surface area contributed by atoms with E-state index in [0.29, 0.717) is 50.7 Å². The Bertz CT molecular complexity index is 501. The minimum absolute atomic E-state index is 0.0198. The van der Waals surface area contributed by atoms with E-state index in [1.165, 1.54) is 12.3 Å². The maximum absolute atomic E-state index is 11.9. The van der Waals surface area contributed by atoms with Crippen LogP contribution in [0.2, 0.25) is 0 Å². The zero-order valence-electron chi connectivity index (χ0n) is 11.6. The van der Waals surface area contributed by atoms with Crippen molar-refractivity contribution in [2.24, 2.45) is 0 Å². The van der Waals surface area contributed by atoms with Gasteiger partial charge >= 0.3 is 0 Å². The number of hydrogen-bond acceptors (Lipinski definition) is 5. The molecule has 0 saturated carbocycles. The summed E-state index contributed by atoms with van der Waals surface area (Å²) in [6.45, 7) is 2.63. The molecule has 1 aromatic rings. The second kappa shape index (κ2) is 7.21. The summed E-state index contributed by atoms with van der Waals surface area (Å²) < 4.78 is 0. The van der Waals surface area contributed by atoms with Gasteiger partial charge in [0.1, 0.15) is 12.0 Å². The summed E-state index contributed by atoms with van der Waals surface area (Å²) >= 11 is 5.59. The first-order valence-corrected chi connectivity index (χ1v) is 7.34. The van der Waals surface area contributed by atoms with Crippen LogP contribution in [-0.4, -0.2) is 52.8 Å². The maximum atomic E-state index is 11.9. The smallest absolute Gasteiger partial charge is 0.287 e. The molecule has 1 aliphatic rings. The molecule has 0 radical (unpaired) electrons. The first kappa shape index (κ1) is 15.5. The average Bonchev–Trinajstić information content (AvgIpc) is 2.53. The van der Waals surface area contributed by atoms with Crippen molar-refractivity contribution in [1.29, 1.82) is 0 Å². The van der Waals surface area contributed by atoms with Gasteiger partial charge in [-0.15, -0.1) is 11.6 Å². The molecule has 0 atom stereocenters. The van der Waals surface area contributed by atoms with Crippen LogP contribution in [0.5, 0.6) is 0 Å².